The number of para-hydroxylation sites is 1. The summed E-state index contributed by atoms with van der Waals surface area (Å²) in [4.78, 5) is 46.5. The molecule has 3 aromatic rings. The van der Waals surface area contributed by atoms with Gasteiger partial charge in [0.05, 0.1) is 17.4 Å². The number of hydrogen-bond donors (Lipinski definition) is 3. The fourth-order valence-corrected chi connectivity index (χ4v) is 3.92. The van der Waals surface area contributed by atoms with Crippen LogP contribution in [0.2, 0.25) is 0 Å². The highest BCUT2D eigenvalue weighted by Gasteiger charge is 2.39. The number of nitrogens with one attached hydrogen (secondary N) is 3. The molecule has 0 radical (unpaired) electrons. The molecule has 1 aliphatic heterocycles. The van der Waals surface area contributed by atoms with Gasteiger partial charge >= 0.3 is 12.2 Å². The summed E-state index contributed by atoms with van der Waals surface area (Å²) in [6.07, 6.45) is 1.57. The largest absolute Gasteiger partial charge is 0.435 e. The summed E-state index contributed by atoms with van der Waals surface area (Å²) >= 11 is 0. The number of rotatable bonds is 7. The molecular formula is C24H25F3N8O3. The molecule has 0 bridgehead atoms. The minimum absolute atomic E-state index is 0.0160. The van der Waals surface area contributed by atoms with E-state index in [1.165, 1.54) is 18.6 Å². The Bertz CT molecular complexity index is 1260. The van der Waals surface area contributed by atoms with Crippen molar-refractivity contribution in [1.29, 1.82) is 0 Å². The first-order valence-corrected chi connectivity index (χ1v) is 11.8. The van der Waals surface area contributed by atoms with Gasteiger partial charge in [-0.05, 0) is 25.0 Å². The van der Waals surface area contributed by atoms with Crippen LogP contribution in [0.1, 0.15) is 39.4 Å². The molecule has 0 aliphatic carbocycles. The molecule has 0 atom stereocenters. The molecule has 38 heavy (non-hydrogen) atoms. The Morgan fingerprint density at radius 1 is 0.974 bits per heavy atom. The molecular weight excluding hydrogens is 505 g/mol. The Balaban J connectivity index is 1.22. The maximum absolute atomic E-state index is 13.5. The number of amides is 4. The quantitative estimate of drug-likeness (QED) is 0.400. The maximum atomic E-state index is 13.5. The number of piperidine rings is 1. The summed E-state index contributed by atoms with van der Waals surface area (Å²) in [7, 11) is 0. The summed E-state index contributed by atoms with van der Waals surface area (Å²) in [6.45, 7) is 0.736. The number of aromatic nitrogens is 4. The molecule has 1 fully saturated rings. The molecule has 4 amide bonds. The van der Waals surface area contributed by atoms with Crippen LogP contribution in [0, 0.1) is 0 Å². The normalized spacial score (nSPS) is 14.1. The predicted octanol–water partition coefficient (Wildman–Crippen LogP) is 2.01. The molecule has 2 aromatic heterocycles. The van der Waals surface area contributed by atoms with Crippen molar-refractivity contribution < 1.29 is 27.6 Å². The molecule has 4 rings (SSSR count). The second kappa shape index (κ2) is 11.7. The predicted molar refractivity (Wildman–Crippen MR) is 128 cm³/mol. The van der Waals surface area contributed by atoms with E-state index in [-0.39, 0.29) is 36.8 Å². The number of carbonyl (C=O) groups is 3. The Kier molecular flexibility index (Phi) is 8.19. The van der Waals surface area contributed by atoms with Gasteiger partial charge in [-0.15, -0.1) is 0 Å². The minimum atomic E-state index is -4.82. The van der Waals surface area contributed by atoms with E-state index in [1.54, 1.807) is 35.2 Å². The average molecular weight is 531 g/mol. The van der Waals surface area contributed by atoms with Gasteiger partial charge in [-0.25, -0.2) is 14.5 Å². The van der Waals surface area contributed by atoms with Crippen LogP contribution >= 0.6 is 0 Å². The summed E-state index contributed by atoms with van der Waals surface area (Å²) < 4.78 is 41.4. The number of likely N-dealkylation sites (tertiary alicyclic amines) is 1. The zero-order valence-corrected chi connectivity index (χ0v) is 20.1. The lowest BCUT2D eigenvalue weighted by molar-refractivity contribution is -0.141. The van der Waals surface area contributed by atoms with Gasteiger partial charge < -0.3 is 20.9 Å². The van der Waals surface area contributed by atoms with Crippen molar-refractivity contribution in [3.05, 3.63) is 72.1 Å². The molecule has 3 heterocycles. The van der Waals surface area contributed by atoms with E-state index in [2.05, 4.69) is 31.0 Å². The second-order valence-electron chi connectivity index (χ2n) is 8.48. The summed E-state index contributed by atoms with van der Waals surface area (Å²) in [5.41, 5.74) is -1.32. The molecule has 1 aliphatic rings. The Labute approximate surface area is 215 Å². The van der Waals surface area contributed by atoms with E-state index in [9.17, 15) is 27.6 Å². The van der Waals surface area contributed by atoms with Gasteiger partial charge in [0.25, 0.3) is 11.8 Å². The first-order valence-electron chi connectivity index (χ1n) is 11.8. The number of hydrogen-bond acceptors (Lipinski definition) is 6. The third-order valence-corrected chi connectivity index (χ3v) is 5.85. The lowest BCUT2D eigenvalue weighted by Crippen LogP contribution is -2.50. The van der Waals surface area contributed by atoms with Crippen LogP contribution in [0.15, 0.2) is 55.1 Å². The van der Waals surface area contributed by atoms with E-state index >= 15 is 0 Å². The van der Waals surface area contributed by atoms with Gasteiger partial charge in [0.1, 0.15) is 5.69 Å². The van der Waals surface area contributed by atoms with Crippen LogP contribution in [0.4, 0.5) is 18.0 Å². The van der Waals surface area contributed by atoms with Crippen molar-refractivity contribution in [2.24, 2.45) is 0 Å². The minimum Gasteiger partial charge on any atom is -0.350 e. The van der Waals surface area contributed by atoms with Crippen molar-refractivity contribution in [3.8, 4) is 5.69 Å². The molecule has 14 heteroatoms. The van der Waals surface area contributed by atoms with Crippen molar-refractivity contribution in [2.45, 2.75) is 25.1 Å². The fraction of sp³-hybridized carbons (Fsp3) is 0.333. The zero-order valence-electron chi connectivity index (χ0n) is 20.1. The van der Waals surface area contributed by atoms with Crippen molar-refractivity contribution in [3.63, 3.8) is 0 Å². The number of carbonyl (C=O) groups excluding carboxylic acids is 3. The molecule has 1 saturated heterocycles. The highest BCUT2D eigenvalue weighted by Crippen LogP contribution is 2.31. The standard InChI is InChI=1S/C24H25F3N8O3/c25-24(26,27)20-18(15-35(33-20)17-4-2-1-3-5-17)21(36)30-10-11-31-23(38)34-12-6-16(7-13-34)32-22(37)19-14-28-8-9-29-19/h1-5,8-9,14-16H,6-7,10-13H2,(H,30,36)(H,31,38)(H,32,37). The van der Waals surface area contributed by atoms with Gasteiger partial charge in [-0.2, -0.15) is 18.3 Å². The van der Waals surface area contributed by atoms with E-state index in [4.69, 9.17) is 0 Å². The topological polar surface area (TPSA) is 134 Å². The van der Waals surface area contributed by atoms with Gasteiger partial charge in [-0.3, -0.25) is 14.6 Å². The van der Waals surface area contributed by atoms with E-state index < -0.39 is 23.3 Å². The highest BCUT2D eigenvalue weighted by atomic mass is 19.4. The van der Waals surface area contributed by atoms with Crippen LogP contribution in [0.5, 0.6) is 0 Å². The van der Waals surface area contributed by atoms with E-state index in [0.717, 1.165) is 10.9 Å². The number of urea groups is 1. The third kappa shape index (κ3) is 6.63. The lowest BCUT2D eigenvalue weighted by Gasteiger charge is -2.32. The van der Waals surface area contributed by atoms with Gasteiger partial charge in [0.15, 0.2) is 5.69 Å². The van der Waals surface area contributed by atoms with Gasteiger partial charge in [-0.1, -0.05) is 18.2 Å². The van der Waals surface area contributed by atoms with Crippen LogP contribution in [-0.4, -0.2) is 74.7 Å². The van der Waals surface area contributed by atoms with Crippen molar-refractivity contribution in [2.75, 3.05) is 26.2 Å². The van der Waals surface area contributed by atoms with Crippen molar-refractivity contribution >= 4 is 17.8 Å². The summed E-state index contributed by atoms with van der Waals surface area (Å²) in [6, 6.07) is 7.65. The zero-order chi connectivity index (χ0) is 27.1. The molecule has 11 nitrogen and oxygen atoms in total. The first kappa shape index (κ1) is 26.6. The molecule has 0 spiro atoms. The second-order valence-corrected chi connectivity index (χ2v) is 8.48. The van der Waals surface area contributed by atoms with Gasteiger partial charge in [0.2, 0.25) is 0 Å². The molecule has 3 N–H and O–H groups in total. The highest BCUT2D eigenvalue weighted by molar-refractivity contribution is 5.95. The third-order valence-electron chi connectivity index (χ3n) is 5.85. The van der Waals surface area contributed by atoms with Crippen LogP contribution in [0.3, 0.4) is 0 Å². The van der Waals surface area contributed by atoms with Crippen molar-refractivity contribution in [1.82, 2.24) is 40.6 Å². The molecule has 0 saturated carbocycles. The summed E-state index contributed by atoms with van der Waals surface area (Å²) in [5, 5.41) is 11.5. The Morgan fingerprint density at radius 3 is 2.34 bits per heavy atom. The fourth-order valence-electron chi connectivity index (χ4n) is 3.92. The van der Waals surface area contributed by atoms with Crippen LogP contribution in [0.25, 0.3) is 5.69 Å². The molecule has 200 valence electrons. The Morgan fingerprint density at radius 2 is 1.68 bits per heavy atom. The Hall–Kier alpha value is -4.49. The van der Waals surface area contributed by atoms with E-state index in [0.29, 0.717) is 31.6 Å². The number of nitrogens with zero attached hydrogens (tertiary/aromatic N) is 5. The maximum Gasteiger partial charge on any atom is 0.435 e. The molecule has 1 aromatic carbocycles. The smallest absolute Gasteiger partial charge is 0.350 e. The van der Waals surface area contributed by atoms with Gasteiger partial charge in [0, 0.05) is 50.8 Å². The average Bonchev–Trinajstić information content (AvgIpc) is 3.39. The number of benzene rings is 1. The van der Waals surface area contributed by atoms with E-state index in [1.807, 2.05) is 0 Å². The summed E-state index contributed by atoms with van der Waals surface area (Å²) in [5.74, 6) is -1.28. The first-order chi connectivity index (χ1) is 18.2. The molecule has 0 unspecified atom stereocenters. The van der Waals surface area contributed by atoms with Crippen LogP contribution in [-0.2, 0) is 6.18 Å². The number of alkyl halides is 3. The monoisotopic (exact) mass is 530 g/mol. The number of halogens is 3. The lowest BCUT2D eigenvalue weighted by atomic mass is 10.1. The van der Waals surface area contributed by atoms with Crippen LogP contribution < -0.4 is 16.0 Å². The SMILES string of the molecule is O=C(NC1CCN(C(=O)NCCNC(=O)c2cn(-c3ccccc3)nc2C(F)(F)F)CC1)c1cnccn1.